The minimum Gasteiger partial charge on any atom is -0.496 e. The van der Waals surface area contributed by atoms with E-state index in [4.69, 9.17) is 4.74 Å². The van der Waals surface area contributed by atoms with Crippen molar-refractivity contribution >= 4 is 29.0 Å². The van der Waals surface area contributed by atoms with Gasteiger partial charge in [0.2, 0.25) is 5.91 Å². The molecule has 0 atom stereocenters. The maximum absolute atomic E-state index is 12.3. The summed E-state index contributed by atoms with van der Waals surface area (Å²) in [5.74, 6) is 1.15. The van der Waals surface area contributed by atoms with Gasteiger partial charge in [-0.2, -0.15) is 0 Å². The van der Waals surface area contributed by atoms with Gasteiger partial charge in [-0.3, -0.25) is 14.9 Å². The Kier molecular flexibility index (Phi) is 6.68. The highest BCUT2D eigenvalue weighted by atomic mass is 32.2. The maximum Gasteiger partial charge on any atom is 0.274 e. The predicted molar refractivity (Wildman–Crippen MR) is 115 cm³/mol. The first kappa shape index (κ1) is 21.3. The summed E-state index contributed by atoms with van der Waals surface area (Å²) in [6.07, 6.45) is 0. The van der Waals surface area contributed by atoms with E-state index in [1.807, 2.05) is 35.8 Å². The molecule has 0 bridgehead atoms. The van der Waals surface area contributed by atoms with E-state index in [0.717, 1.165) is 5.56 Å². The largest absolute Gasteiger partial charge is 0.496 e. The zero-order valence-electron chi connectivity index (χ0n) is 16.8. The summed E-state index contributed by atoms with van der Waals surface area (Å²) in [5, 5.41) is 22.8. The smallest absolute Gasteiger partial charge is 0.274 e. The molecule has 0 saturated carbocycles. The molecule has 9 nitrogen and oxygen atoms in total. The number of amides is 1. The normalized spacial score (nSPS) is 10.6. The lowest BCUT2D eigenvalue weighted by molar-refractivity contribution is -0.385. The number of hydrogen-bond donors (Lipinski definition) is 1. The Balaban J connectivity index is 1.72. The van der Waals surface area contributed by atoms with Gasteiger partial charge in [0.1, 0.15) is 5.75 Å². The number of carbonyl (C=O) groups is 1. The van der Waals surface area contributed by atoms with E-state index in [1.54, 1.807) is 26.2 Å². The number of benzene rings is 2. The van der Waals surface area contributed by atoms with Gasteiger partial charge in [0.25, 0.3) is 5.69 Å². The van der Waals surface area contributed by atoms with Crippen molar-refractivity contribution in [3.63, 3.8) is 0 Å². The van der Waals surface area contributed by atoms with Crippen LogP contribution in [-0.4, -0.2) is 38.5 Å². The molecule has 0 radical (unpaired) electrons. The van der Waals surface area contributed by atoms with Crippen molar-refractivity contribution in [2.24, 2.45) is 0 Å². The van der Waals surface area contributed by atoms with Gasteiger partial charge in [0.15, 0.2) is 11.0 Å². The van der Waals surface area contributed by atoms with Crippen molar-refractivity contribution in [3.05, 3.63) is 58.1 Å². The summed E-state index contributed by atoms with van der Waals surface area (Å²) in [7, 11) is 1.60. The fourth-order valence-electron chi connectivity index (χ4n) is 2.92. The summed E-state index contributed by atoms with van der Waals surface area (Å²) in [5.41, 5.74) is 1.70. The van der Waals surface area contributed by atoms with Crippen LogP contribution in [0.5, 0.6) is 5.75 Å². The number of ether oxygens (including phenoxy) is 1. The second-order valence-electron chi connectivity index (χ2n) is 6.35. The second kappa shape index (κ2) is 9.40. The van der Waals surface area contributed by atoms with E-state index in [0.29, 0.717) is 34.5 Å². The number of aromatic nitrogens is 3. The highest BCUT2D eigenvalue weighted by molar-refractivity contribution is 7.99. The molecule has 1 aromatic heterocycles. The Hall–Kier alpha value is -3.40. The van der Waals surface area contributed by atoms with Crippen LogP contribution in [0, 0.1) is 17.0 Å². The maximum atomic E-state index is 12.3. The van der Waals surface area contributed by atoms with E-state index < -0.39 is 4.92 Å². The fourth-order valence-corrected chi connectivity index (χ4v) is 3.72. The highest BCUT2D eigenvalue weighted by Gasteiger charge is 2.18. The first-order chi connectivity index (χ1) is 14.4. The van der Waals surface area contributed by atoms with Crippen molar-refractivity contribution in [1.29, 1.82) is 0 Å². The van der Waals surface area contributed by atoms with Crippen LogP contribution in [0.2, 0.25) is 0 Å². The predicted octanol–water partition coefficient (Wildman–Crippen LogP) is 3.92. The molecule has 1 amide bonds. The number of aryl methyl sites for hydroxylation is 1. The third kappa shape index (κ3) is 4.60. The monoisotopic (exact) mass is 427 g/mol. The van der Waals surface area contributed by atoms with Crippen molar-refractivity contribution in [2.75, 3.05) is 18.2 Å². The van der Waals surface area contributed by atoms with Gasteiger partial charge in [0.05, 0.1) is 23.3 Å². The minimum absolute atomic E-state index is 0.0346. The third-order valence-electron chi connectivity index (χ3n) is 4.40. The van der Waals surface area contributed by atoms with Crippen molar-refractivity contribution in [2.45, 2.75) is 25.5 Å². The lowest BCUT2D eigenvalue weighted by atomic mass is 10.2. The summed E-state index contributed by atoms with van der Waals surface area (Å²) < 4.78 is 7.32. The molecule has 0 fully saturated rings. The van der Waals surface area contributed by atoms with E-state index in [9.17, 15) is 14.9 Å². The number of nitrogens with one attached hydrogen (secondary N) is 1. The number of anilines is 1. The molecular formula is C20H21N5O4S. The van der Waals surface area contributed by atoms with Crippen LogP contribution < -0.4 is 10.1 Å². The van der Waals surface area contributed by atoms with E-state index in [-0.39, 0.29) is 17.3 Å². The molecule has 10 heteroatoms. The van der Waals surface area contributed by atoms with Gasteiger partial charge in [-0.15, -0.1) is 10.2 Å². The number of nitro benzene ring substituents is 1. The van der Waals surface area contributed by atoms with Crippen molar-refractivity contribution < 1.29 is 14.5 Å². The van der Waals surface area contributed by atoms with Crippen LogP contribution in [0.4, 0.5) is 11.4 Å². The third-order valence-corrected chi connectivity index (χ3v) is 5.37. The molecule has 0 aliphatic heterocycles. The number of rotatable bonds is 8. The van der Waals surface area contributed by atoms with Crippen LogP contribution in [0.15, 0.2) is 47.6 Å². The molecule has 30 heavy (non-hydrogen) atoms. The van der Waals surface area contributed by atoms with Gasteiger partial charge in [-0.1, -0.05) is 30.0 Å². The standard InChI is InChI=1S/C20H21N5O4S/c1-4-24-19(15-7-5-6-8-17(15)29-3)22-23-20(24)30-12-18(26)21-14-10-9-13(2)16(11-14)25(27)28/h5-11H,4,12H2,1-3H3,(H,21,26). The number of hydrogen-bond acceptors (Lipinski definition) is 7. The molecule has 0 spiro atoms. The molecular weight excluding hydrogens is 406 g/mol. The second-order valence-corrected chi connectivity index (χ2v) is 7.29. The minimum atomic E-state index is -0.469. The lowest BCUT2D eigenvalue weighted by Crippen LogP contribution is -2.15. The average Bonchev–Trinajstić information content (AvgIpc) is 3.16. The summed E-state index contributed by atoms with van der Waals surface area (Å²) in [6.45, 7) is 4.24. The summed E-state index contributed by atoms with van der Waals surface area (Å²) in [6, 6.07) is 12.1. The lowest BCUT2D eigenvalue weighted by Gasteiger charge is -2.10. The number of thioether (sulfide) groups is 1. The first-order valence-electron chi connectivity index (χ1n) is 9.18. The van der Waals surface area contributed by atoms with Crippen LogP contribution >= 0.6 is 11.8 Å². The Bertz CT molecular complexity index is 1080. The fraction of sp³-hybridized carbons (Fsp3) is 0.250. The van der Waals surface area contributed by atoms with Gasteiger partial charge in [0, 0.05) is 23.9 Å². The molecule has 0 saturated heterocycles. The first-order valence-corrected chi connectivity index (χ1v) is 10.2. The van der Waals surface area contributed by atoms with Crippen LogP contribution in [0.1, 0.15) is 12.5 Å². The molecule has 156 valence electrons. The number of para-hydroxylation sites is 1. The number of nitro groups is 1. The van der Waals surface area contributed by atoms with Gasteiger partial charge in [-0.05, 0) is 32.0 Å². The van der Waals surface area contributed by atoms with Crippen LogP contribution in [0.3, 0.4) is 0 Å². The van der Waals surface area contributed by atoms with Gasteiger partial charge in [-0.25, -0.2) is 0 Å². The Morgan fingerprint density at radius 1 is 1.27 bits per heavy atom. The topological polar surface area (TPSA) is 112 Å². The SMILES string of the molecule is CCn1c(SCC(=O)Nc2ccc(C)c([N+](=O)[O-])c2)nnc1-c1ccccc1OC. The number of carbonyl (C=O) groups excluding carboxylic acids is 1. The molecule has 0 unspecified atom stereocenters. The van der Waals surface area contributed by atoms with E-state index in [1.165, 1.54) is 17.8 Å². The van der Waals surface area contributed by atoms with Crippen LogP contribution in [0.25, 0.3) is 11.4 Å². The number of methoxy groups -OCH3 is 1. The number of nitrogens with zero attached hydrogens (tertiary/aromatic N) is 4. The van der Waals surface area contributed by atoms with Gasteiger partial charge >= 0.3 is 0 Å². The Morgan fingerprint density at radius 3 is 2.73 bits per heavy atom. The quantitative estimate of drug-likeness (QED) is 0.329. The summed E-state index contributed by atoms with van der Waals surface area (Å²) >= 11 is 1.24. The van der Waals surface area contributed by atoms with Crippen molar-refractivity contribution in [1.82, 2.24) is 14.8 Å². The average molecular weight is 427 g/mol. The Morgan fingerprint density at radius 2 is 2.03 bits per heavy atom. The molecule has 3 aromatic rings. The molecule has 3 rings (SSSR count). The van der Waals surface area contributed by atoms with Crippen LogP contribution in [-0.2, 0) is 11.3 Å². The zero-order chi connectivity index (χ0) is 21.7. The van der Waals surface area contributed by atoms with Gasteiger partial charge < -0.3 is 14.6 Å². The molecule has 0 aliphatic carbocycles. The molecule has 1 heterocycles. The molecule has 0 aliphatic rings. The molecule has 2 aromatic carbocycles. The molecule has 1 N–H and O–H groups in total. The Labute approximate surface area is 177 Å². The highest BCUT2D eigenvalue weighted by Crippen LogP contribution is 2.31. The van der Waals surface area contributed by atoms with E-state index >= 15 is 0 Å². The van der Waals surface area contributed by atoms with Crippen molar-refractivity contribution in [3.8, 4) is 17.1 Å². The van der Waals surface area contributed by atoms with E-state index in [2.05, 4.69) is 15.5 Å². The zero-order valence-corrected chi connectivity index (χ0v) is 17.6. The summed E-state index contributed by atoms with van der Waals surface area (Å²) in [4.78, 5) is 22.9.